The predicted octanol–water partition coefficient (Wildman–Crippen LogP) is -0.818. The molecular weight excluding hydrogens is 154 g/mol. The molecule has 5 nitrogen and oxygen atoms in total. The molecule has 0 aromatic carbocycles. The molecule has 0 radical (unpaired) electrons. The number of aliphatic imine (C=N–C) groups is 1. The lowest BCUT2D eigenvalue weighted by molar-refractivity contribution is 0.340. The van der Waals surface area contributed by atoms with Crippen molar-refractivity contribution < 1.29 is 0 Å². The Kier molecular flexibility index (Phi) is 4.67. The van der Waals surface area contributed by atoms with E-state index in [1.54, 1.807) is 0 Å². The lowest BCUT2D eigenvalue weighted by atomic mass is 10.9. The van der Waals surface area contributed by atoms with Crippen molar-refractivity contribution >= 4 is 5.96 Å². The molecule has 0 saturated carbocycles. The monoisotopic (exact) mass is 171 g/mol. The Morgan fingerprint density at radius 3 is 1.67 bits per heavy atom. The van der Waals surface area contributed by atoms with E-state index in [9.17, 15) is 0 Å². The third-order valence-electron chi connectivity index (χ3n) is 1.28. The van der Waals surface area contributed by atoms with Gasteiger partial charge in [0.05, 0.1) is 6.67 Å². The summed E-state index contributed by atoms with van der Waals surface area (Å²) in [6.07, 6.45) is 4.11. The molecule has 5 heteroatoms. The minimum atomic E-state index is 0.130. The molecule has 0 spiro atoms. The van der Waals surface area contributed by atoms with Crippen LogP contribution in [0.3, 0.4) is 0 Å². The summed E-state index contributed by atoms with van der Waals surface area (Å²) in [5, 5.41) is 0. The van der Waals surface area contributed by atoms with E-state index in [1.807, 2.05) is 0 Å². The Bertz CT molecular complexity index is 161. The fourth-order valence-electron chi connectivity index (χ4n) is 0.674. The summed E-state index contributed by atoms with van der Waals surface area (Å²) in [7, 11) is 5.65. The summed E-state index contributed by atoms with van der Waals surface area (Å²) < 4.78 is 0. The van der Waals surface area contributed by atoms with Crippen LogP contribution >= 0.6 is 0 Å². The standard InChI is InChI=1S/C5H10N2.C2H7N3/c1-6-3-4-7(2)5-6;1-5-2(3)4/h3-4H,5H2,1-2H3;1H3,(H4,3,4,5). The first kappa shape index (κ1) is 10.6. The fraction of sp³-hybridized carbons (Fsp3) is 0.571. The minimum Gasteiger partial charge on any atom is -0.370 e. The summed E-state index contributed by atoms with van der Waals surface area (Å²) >= 11 is 0. The molecule has 70 valence electrons. The van der Waals surface area contributed by atoms with Gasteiger partial charge < -0.3 is 21.3 Å². The Morgan fingerprint density at radius 1 is 1.25 bits per heavy atom. The Hall–Kier alpha value is -1.39. The topological polar surface area (TPSA) is 70.9 Å². The van der Waals surface area contributed by atoms with E-state index < -0.39 is 0 Å². The molecule has 12 heavy (non-hydrogen) atoms. The maximum atomic E-state index is 4.82. The number of hydrogen-bond acceptors (Lipinski definition) is 3. The highest BCUT2D eigenvalue weighted by Gasteiger charge is 1.99. The van der Waals surface area contributed by atoms with E-state index in [1.165, 1.54) is 7.05 Å². The van der Waals surface area contributed by atoms with E-state index >= 15 is 0 Å². The van der Waals surface area contributed by atoms with Gasteiger partial charge in [-0.15, -0.1) is 0 Å². The predicted molar refractivity (Wildman–Crippen MR) is 51.3 cm³/mol. The van der Waals surface area contributed by atoms with E-state index in [0.29, 0.717) is 0 Å². The molecule has 0 aliphatic carbocycles. The Morgan fingerprint density at radius 2 is 1.58 bits per heavy atom. The van der Waals surface area contributed by atoms with Gasteiger partial charge in [0, 0.05) is 33.5 Å². The minimum absolute atomic E-state index is 0.130. The molecule has 4 N–H and O–H groups in total. The zero-order chi connectivity index (χ0) is 9.56. The highest BCUT2D eigenvalue weighted by atomic mass is 15.3. The van der Waals surface area contributed by atoms with Crippen molar-refractivity contribution in [3.63, 3.8) is 0 Å². The van der Waals surface area contributed by atoms with Crippen LogP contribution in [0.1, 0.15) is 0 Å². The number of nitrogens with two attached hydrogens (primary N) is 2. The fourth-order valence-corrected chi connectivity index (χ4v) is 0.674. The van der Waals surface area contributed by atoms with E-state index in [-0.39, 0.29) is 5.96 Å². The van der Waals surface area contributed by atoms with E-state index in [2.05, 4.69) is 41.3 Å². The molecule has 0 atom stereocenters. The molecule has 1 rings (SSSR count). The van der Waals surface area contributed by atoms with Crippen LogP contribution in [0.2, 0.25) is 0 Å². The van der Waals surface area contributed by atoms with Gasteiger partial charge in [0.15, 0.2) is 5.96 Å². The van der Waals surface area contributed by atoms with Crippen LogP contribution in [0, 0.1) is 0 Å². The van der Waals surface area contributed by atoms with Crippen LogP contribution in [-0.2, 0) is 0 Å². The first-order chi connectivity index (χ1) is 5.56. The number of hydrogen-bond donors (Lipinski definition) is 2. The second-order valence-electron chi connectivity index (χ2n) is 2.60. The van der Waals surface area contributed by atoms with Gasteiger partial charge in [-0.1, -0.05) is 0 Å². The molecular formula is C7H17N5. The highest BCUT2D eigenvalue weighted by Crippen LogP contribution is 1.97. The van der Waals surface area contributed by atoms with Crippen molar-refractivity contribution in [2.75, 3.05) is 27.8 Å². The maximum absolute atomic E-state index is 4.82. The summed E-state index contributed by atoms with van der Waals surface area (Å²) in [5.74, 6) is 0.130. The molecule has 0 aromatic rings. The first-order valence-corrected chi connectivity index (χ1v) is 3.62. The van der Waals surface area contributed by atoms with Gasteiger partial charge in [-0.05, 0) is 0 Å². The van der Waals surface area contributed by atoms with Crippen molar-refractivity contribution in [2.45, 2.75) is 0 Å². The zero-order valence-corrected chi connectivity index (χ0v) is 7.86. The van der Waals surface area contributed by atoms with Gasteiger partial charge in [-0.3, -0.25) is 4.99 Å². The molecule has 1 heterocycles. The van der Waals surface area contributed by atoms with Gasteiger partial charge in [0.1, 0.15) is 0 Å². The smallest absolute Gasteiger partial charge is 0.185 e. The zero-order valence-electron chi connectivity index (χ0n) is 7.86. The molecule has 0 fully saturated rings. The third-order valence-corrected chi connectivity index (χ3v) is 1.28. The van der Waals surface area contributed by atoms with E-state index in [4.69, 9.17) is 11.5 Å². The molecule has 0 saturated heterocycles. The Balaban J connectivity index is 0.000000217. The third kappa shape index (κ3) is 5.40. The maximum Gasteiger partial charge on any atom is 0.185 e. The van der Waals surface area contributed by atoms with Gasteiger partial charge in [0.25, 0.3) is 0 Å². The number of guanidine groups is 1. The average molecular weight is 171 g/mol. The van der Waals surface area contributed by atoms with E-state index in [0.717, 1.165) is 6.67 Å². The van der Waals surface area contributed by atoms with Crippen LogP contribution in [0.25, 0.3) is 0 Å². The first-order valence-electron chi connectivity index (χ1n) is 3.62. The van der Waals surface area contributed by atoms with Gasteiger partial charge in [0.2, 0.25) is 0 Å². The quantitative estimate of drug-likeness (QED) is 0.369. The van der Waals surface area contributed by atoms with Crippen molar-refractivity contribution in [2.24, 2.45) is 16.5 Å². The van der Waals surface area contributed by atoms with Crippen molar-refractivity contribution in [1.82, 2.24) is 9.80 Å². The molecule has 0 unspecified atom stereocenters. The Labute approximate surface area is 73.3 Å². The SMILES string of the molecule is CN1C=CN(C)C1.CN=C(N)N. The van der Waals surface area contributed by atoms with Crippen LogP contribution < -0.4 is 11.5 Å². The van der Waals surface area contributed by atoms with Crippen LogP contribution in [0.5, 0.6) is 0 Å². The summed E-state index contributed by atoms with van der Waals surface area (Å²) in [6, 6.07) is 0. The molecule has 1 aliphatic heterocycles. The van der Waals surface area contributed by atoms with Gasteiger partial charge in [-0.25, -0.2) is 0 Å². The normalized spacial score (nSPS) is 13.9. The second kappa shape index (κ2) is 5.29. The highest BCUT2D eigenvalue weighted by molar-refractivity contribution is 5.75. The molecule has 0 amide bonds. The summed E-state index contributed by atoms with van der Waals surface area (Å²) in [5.41, 5.74) is 9.64. The lowest BCUT2D eigenvalue weighted by Gasteiger charge is -2.10. The van der Waals surface area contributed by atoms with Crippen LogP contribution in [0.15, 0.2) is 17.4 Å². The summed E-state index contributed by atoms with van der Waals surface area (Å²) in [6.45, 7) is 1.03. The van der Waals surface area contributed by atoms with Crippen molar-refractivity contribution in [1.29, 1.82) is 0 Å². The number of rotatable bonds is 0. The summed E-state index contributed by atoms with van der Waals surface area (Å²) in [4.78, 5) is 7.61. The largest absolute Gasteiger partial charge is 0.370 e. The molecule has 0 aromatic heterocycles. The number of nitrogens with zero attached hydrogens (tertiary/aromatic N) is 3. The van der Waals surface area contributed by atoms with Crippen LogP contribution in [-0.4, -0.2) is 43.6 Å². The lowest BCUT2D eigenvalue weighted by Crippen LogP contribution is -2.21. The average Bonchev–Trinajstić information content (AvgIpc) is 2.36. The van der Waals surface area contributed by atoms with Crippen molar-refractivity contribution in [3.05, 3.63) is 12.4 Å². The van der Waals surface area contributed by atoms with Crippen molar-refractivity contribution in [3.8, 4) is 0 Å². The van der Waals surface area contributed by atoms with Crippen LogP contribution in [0.4, 0.5) is 0 Å². The molecule has 0 bridgehead atoms. The molecule has 1 aliphatic rings. The second-order valence-corrected chi connectivity index (χ2v) is 2.60. The van der Waals surface area contributed by atoms with Gasteiger partial charge >= 0.3 is 0 Å². The van der Waals surface area contributed by atoms with Gasteiger partial charge in [-0.2, -0.15) is 0 Å².